The lowest BCUT2D eigenvalue weighted by Crippen LogP contribution is -2.38. The van der Waals surface area contributed by atoms with Crippen LogP contribution in [0.2, 0.25) is 0 Å². The van der Waals surface area contributed by atoms with E-state index in [1.165, 1.54) is 21.6 Å². The predicted octanol–water partition coefficient (Wildman–Crippen LogP) is 4.94. The number of carbonyl (C=O) groups excluding carboxylic acids is 1. The molecule has 2 aromatic carbocycles. The number of carbonyl (C=O) groups is 1. The molecule has 4 nitrogen and oxygen atoms in total. The van der Waals surface area contributed by atoms with Crippen LogP contribution in [0.15, 0.2) is 53.9 Å². The molecule has 0 aliphatic carbocycles. The van der Waals surface area contributed by atoms with Gasteiger partial charge in [0.05, 0.1) is 5.69 Å². The summed E-state index contributed by atoms with van der Waals surface area (Å²) in [5, 5.41) is 5.19. The van der Waals surface area contributed by atoms with Crippen molar-refractivity contribution in [2.45, 2.75) is 39.0 Å². The van der Waals surface area contributed by atoms with Gasteiger partial charge < -0.3 is 10.1 Å². The Labute approximate surface area is 175 Å². The molecular weight excluding hydrogens is 380 g/mol. The maximum atomic E-state index is 11.8. The Morgan fingerprint density at radius 2 is 2.07 bits per heavy atom. The first-order valence-electron chi connectivity index (χ1n) is 10.1. The Hall–Kier alpha value is -2.63. The molecule has 0 bridgehead atoms. The Balaban J connectivity index is 1.45. The first-order valence-corrected chi connectivity index (χ1v) is 11.0. The molecule has 0 fully saturated rings. The van der Waals surface area contributed by atoms with Crippen LogP contribution < -0.4 is 10.1 Å². The number of nitrogens with one attached hydrogen (secondary N) is 1. The highest BCUT2D eigenvalue weighted by molar-refractivity contribution is 7.10. The molecule has 2 aliphatic heterocycles. The fraction of sp³-hybridized carbons (Fsp3) is 0.292. The van der Waals surface area contributed by atoms with E-state index < -0.39 is 0 Å². The van der Waals surface area contributed by atoms with Crippen molar-refractivity contribution in [2.24, 2.45) is 0 Å². The van der Waals surface area contributed by atoms with Crippen molar-refractivity contribution in [2.75, 3.05) is 11.9 Å². The summed E-state index contributed by atoms with van der Waals surface area (Å²) in [5.74, 6) is 0.666. The molecule has 0 radical (unpaired) electrons. The monoisotopic (exact) mass is 404 g/mol. The summed E-state index contributed by atoms with van der Waals surface area (Å²) in [4.78, 5) is 15.9. The number of ether oxygens (including phenoxy) is 1. The van der Waals surface area contributed by atoms with Crippen molar-refractivity contribution in [3.05, 3.63) is 81.0 Å². The molecule has 3 aromatic rings. The van der Waals surface area contributed by atoms with Crippen molar-refractivity contribution in [3.8, 4) is 5.75 Å². The summed E-state index contributed by atoms with van der Waals surface area (Å²) in [6.45, 7) is 4.06. The van der Waals surface area contributed by atoms with Crippen LogP contribution in [0.25, 0.3) is 0 Å². The van der Waals surface area contributed by atoms with Gasteiger partial charge in [-0.15, -0.1) is 11.3 Å². The van der Waals surface area contributed by atoms with Crippen LogP contribution >= 0.6 is 11.3 Å². The highest BCUT2D eigenvalue weighted by Gasteiger charge is 2.33. The average molecular weight is 405 g/mol. The Kier molecular flexibility index (Phi) is 4.86. The van der Waals surface area contributed by atoms with Gasteiger partial charge in [0.15, 0.2) is 0 Å². The molecule has 1 aromatic heterocycles. The van der Waals surface area contributed by atoms with Gasteiger partial charge in [-0.05, 0) is 58.7 Å². The van der Waals surface area contributed by atoms with Crippen molar-refractivity contribution < 1.29 is 9.53 Å². The molecule has 0 saturated heterocycles. The van der Waals surface area contributed by atoms with E-state index in [4.69, 9.17) is 4.74 Å². The fourth-order valence-electron chi connectivity index (χ4n) is 4.45. The summed E-state index contributed by atoms with van der Waals surface area (Å²) in [5.41, 5.74) is 5.97. The Bertz CT molecular complexity index is 1040. The zero-order chi connectivity index (χ0) is 19.8. The van der Waals surface area contributed by atoms with E-state index in [0.29, 0.717) is 12.6 Å². The van der Waals surface area contributed by atoms with Gasteiger partial charge >= 0.3 is 0 Å². The van der Waals surface area contributed by atoms with Crippen molar-refractivity contribution >= 4 is 22.9 Å². The van der Waals surface area contributed by atoms with Gasteiger partial charge in [-0.25, -0.2) is 0 Å². The minimum atomic E-state index is -0.0789. The lowest BCUT2D eigenvalue weighted by Gasteiger charge is -2.40. The fourth-order valence-corrected chi connectivity index (χ4v) is 5.38. The second kappa shape index (κ2) is 7.65. The number of hydrogen-bond donors (Lipinski definition) is 1. The molecule has 148 valence electrons. The molecule has 29 heavy (non-hydrogen) atoms. The van der Waals surface area contributed by atoms with Crippen LogP contribution in [0.4, 0.5) is 5.69 Å². The summed E-state index contributed by atoms with van der Waals surface area (Å²) in [7, 11) is 0. The minimum Gasteiger partial charge on any atom is -0.487 e. The number of rotatable bonds is 4. The van der Waals surface area contributed by atoms with Crippen LogP contribution in [0.3, 0.4) is 0 Å². The molecule has 5 rings (SSSR count). The second-order valence-corrected chi connectivity index (χ2v) is 8.81. The number of fused-ring (bicyclic) bond motifs is 4. The van der Waals surface area contributed by atoms with E-state index in [1.54, 1.807) is 6.92 Å². The zero-order valence-corrected chi connectivity index (χ0v) is 17.3. The maximum Gasteiger partial charge on any atom is 0.221 e. The van der Waals surface area contributed by atoms with E-state index in [2.05, 4.69) is 33.8 Å². The molecule has 1 atom stereocenters. The Morgan fingerprint density at radius 3 is 2.90 bits per heavy atom. The van der Waals surface area contributed by atoms with E-state index in [1.807, 2.05) is 41.7 Å². The van der Waals surface area contributed by atoms with E-state index in [0.717, 1.165) is 42.9 Å². The first kappa shape index (κ1) is 18.4. The summed E-state index contributed by atoms with van der Waals surface area (Å²) < 4.78 is 6.14. The molecular formula is C24H24N2O2S. The van der Waals surface area contributed by atoms with Gasteiger partial charge in [0.25, 0.3) is 0 Å². The summed E-state index contributed by atoms with van der Waals surface area (Å²) >= 11 is 1.88. The number of nitrogens with zero attached hydrogens (tertiary/aromatic N) is 1. The maximum absolute atomic E-state index is 11.8. The molecule has 1 unspecified atom stereocenters. The van der Waals surface area contributed by atoms with Gasteiger partial charge in [-0.2, -0.15) is 0 Å². The van der Waals surface area contributed by atoms with Gasteiger partial charge in [0.1, 0.15) is 12.4 Å². The third-order valence-electron chi connectivity index (χ3n) is 5.84. The third-order valence-corrected chi connectivity index (χ3v) is 6.84. The zero-order valence-electron chi connectivity index (χ0n) is 16.5. The molecule has 0 saturated carbocycles. The topological polar surface area (TPSA) is 41.6 Å². The van der Waals surface area contributed by atoms with Crippen LogP contribution in [-0.2, 0) is 30.8 Å². The number of hydrogen-bond acceptors (Lipinski definition) is 4. The largest absolute Gasteiger partial charge is 0.487 e. The molecule has 3 heterocycles. The highest BCUT2D eigenvalue weighted by atomic mass is 32.1. The van der Waals surface area contributed by atoms with Gasteiger partial charge in [-0.1, -0.05) is 30.3 Å². The third kappa shape index (κ3) is 3.68. The van der Waals surface area contributed by atoms with E-state index in [-0.39, 0.29) is 5.91 Å². The molecule has 5 heteroatoms. The van der Waals surface area contributed by atoms with E-state index >= 15 is 0 Å². The number of benzene rings is 2. The van der Waals surface area contributed by atoms with Crippen LogP contribution in [-0.4, -0.2) is 17.4 Å². The lowest BCUT2D eigenvalue weighted by atomic mass is 9.87. The molecule has 2 aliphatic rings. The minimum absolute atomic E-state index is 0.0789. The standard InChI is InChI=1S/C24H24N2O2S/c1-16(27)25-21-11-18-12-22-20-8-10-29-24(20)7-9-26(22)14-19(18)13-23(21)28-15-17-5-3-2-4-6-17/h2-6,8,10-11,13,22H,7,9,12,14-15H2,1H3,(H,25,27). The molecule has 1 amide bonds. The van der Waals surface area contributed by atoms with Crippen LogP contribution in [0.5, 0.6) is 5.75 Å². The van der Waals surface area contributed by atoms with Gasteiger partial charge in [-0.3, -0.25) is 9.69 Å². The van der Waals surface area contributed by atoms with E-state index in [9.17, 15) is 4.79 Å². The smallest absolute Gasteiger partial charge is 0.221 e. The predicted molar refractivity (Wildman–Crippen MR) is 116 cm³/mol. The molecule has 0 spiro atoms. The Morgan fingerprint density at radius 1 is 1.21 bits per heavy atom. The van der Waals surface area contributed by atoms with Crippen molar-refractivity contribution in [1.29, 1.82) is 0 Å². The quantitative estimate of drug-likeness (QED) is 0.670. The summed E-state index contributed by atoms with van der Waals surface area (Å²) in [6, 6.07) is 17.1. The van der Waals surface area contributed by atoms with Crippen molar-refractivity contribution in [1.82, 2.24) is 4.90 Å². The van der Waals surface area contributed by atoms with Crippen LogP contribution in [0.1, 0.15) is 40.1 Å². The summed E-state index contributed by atoms with van der Waals surface area (Å²) in [6.07, 6.45) is 2.12. The average Bonchev–Trinajstić information content (AvgIpc) is 3.20. The first-order chi connectivity index (χ1) is 14.2. The number of amides is 1. The normalized spacial score (nSPS) is 17.8. The van der Waals surface area contributed by atoms with Gasteiger partial charge in [0, 0.05) is 30.9 Å². The second-order valence-electron chi connectivity index (χ2n) is 7.81. The molecule has 1 N–H and O–H groups in total. The SMILES string of the molecule is CC(=O)Nc1cc2c(cc1OCc1ccccc1)CN1CCc3sccc3C1C2. The highest BCUT2D eigenvalue weighted by Crippen LogP contribution is 2.42. The van der Waals surface area contributed by atoms with Crippen LogP contribution in [0, 0.1) is 0 Å². The number of thiophene rings is 1. The van der Waals surface area contributed by atoms with Gasteiger partial charge in [0.2, 0.25) is 5.91 Å². The lowest BCUT2D eigenvalue weighted by molar-refractivity contribution is -0.114. The number of anilines is 1. The van der Waals surface area contributed by atoms with Crippen molar-refractivity contribution in [3.63, 3.8) is 0 Å².